The van der Waals surface area contributed by atoms with Crippen LogP contribution < -0.4 is 18.9 Å². The summed E-state index contributed by atoms with van der Waals surface area (Å²) in [7, 11) is 6.77. The lowest BCUT2D eigenvalue weighted by Gasteiger charge is -2.17. The number of ether oxygens (including phenoxy) is 4. The monoisotopic (exact) mass is 686 g/mol. The molecule has 0 aliphatic heterocycles. The van der Waals surface area contributed by atoms with E-state index in [2.05, 4.69) is 113 Å². The van der Waals surface area contributed by atoms with Crippen molar-refractivity contribution in [2.24, 2.45) is 0 Å². The molecule has 0 saturated heterocycles. The highest BCUT2D eigenvalue weighted by Crippen LogP contribution is 2.36. The van der Waals surface area contributed by atoms with Crippen molar-refractivity contribution in [1.29, 1.82) is 0 Å². The van der Waals surface area contributed by atoms with Crippen LogP contribution in [0.5, 0.6) is 23.0 Å². The molecule has 4 heteroatoms. The summed E-state index contributed by atoms with van der Waals surface area (Å²) in [5, 5.41) is 0. The number of hydrogen-bond donors (Lipinski definition) is 0. The molecule has 0 saturated carbocycles. The molecule has 0 aromatic heterocycles. The maximum Gasteiger partial charge on any atom is 0.118 e. The lowest BCUT2D eigenvalue weighted by molar-refractivity contribution is 0.414. The zero-order chi connectivity index (χ0) is 36.8. The van der Waals surface area contributed by atoms with Gasteiger partial charge in [-0.05, 0) is 166 Å². The number of aryl methyl sites for hydroxylation is 4. The summed E-state index contributed by atoms with van der Waals surface area (Å²) in [5.74, 6) is 3.33. The van der Waals surface area contributed by atoms with Crippen LogP contribution in [0.1, 0.15) is 55.6 Å². The van der Waals surface area contributed by atoms with Gasteiger partial charge in [0.05, 0.1) is 28.4 Å². The van der Waals surface area contributed by atoms with E-state index < -0.39 is 0 Å². The van der Waals surface area contributed by atoms with Crippen molar-refractivity contribution in [3.8, 4) is 34.1 Å². The summed E-state index contributed by atoms with van der Waals surface area (Å²) in [6.07, 6.45) is 4.62. The predicted molar refractivity (Wildman–Crippen MR) is 217 cm³/mol. The van der Waals surface area contributed by atoms with E-state index >= 15 is 0 Å². The van der Waals surface area contributed by atoms with Gasteiger partial charge in [-0.3, -0.25) is 0 Å². The Morgan fingerprint density at radius 3 is 0.750 bits per heavy atom. The van der Waals surface area contributed by atoms with E-state index in [0.29, 0.717) is 0 Å². The number of rotatable bonds is 11. The van der Waals surface area contributed by atoms with E-state index in [4.69, 9.17) is 18.9 Å². The fourth-order valence-electron chi connectivity index (χ4n) is 6.78. The molecule has 6 aromatic rings. The molecule has 262 valence electrons. The first-order valence-corrected chi connectivity index (χ1v) is 17.4. The third-order valence-corrected chi connectivity index (χ3v) is 9.70. The second kappa shape index (κ2) is 15.9. The van der Waals surface area contributed by atoms with Gasteiger partial charge >= 0.3 is 0 Å². The van der Waals surface area contributed by atoms with Crippen molar-refractivity contribution in [2.75, 3.05) is 28.4 Å². The Balaban J connectivity index is 1.40. The van der Waals surface area contributed by atoms with E-state index in [9.17, 15) is 0 Å². The molecule has 0 fully saturated rings. The maximum absolute atomic E-state index is 5.45. The molecule has 6 rings (SSSR count). The summed E-state index contributed by atoms with van der Waals surface area (Å²) < 4.78 is 21.8. The molecule has 52 heavy (non-hydrogen) atoms. The molecule has 4 nitrogen and oxygen atoms in total. The highest BCUT2D eigenvalue weighted by atomic mass is 16.5. The van der Waals surface area contributed by atoms with Crippen LogP contribution in [-0.2, 0) is 0 Å². The van der Waals surface area contributed by atoms with Gasteiger partial charge in [0.2, 0.25) is 0 Å². The first kappa shape index (κ1) is 35.8. The molecule has 0 spiro atoms. The molecular weight excluding hydrogens is 641 g/mol. The molecule has 0 aliphatic rings. The Kier molecular flexibility index (Phi) is 11.0. The summed E-state index contributed by atoms with van der Waals surface area (Å²) >= 11 is 0. The van der Waals surface area contributed by atoms with Crippen molar-refractivity contribution >= 4 is 23.3 Å². The van der Waals surface area contributed by atoms with Gasteiger partial charge in [0.15, 0.2) is 0 Å². The van der Waals surface area contributed by atoms with Crippen LogP contribution in [0.25, 0.3) is 34.4 Å². The van der Waals surface area contributed by atoms with Crippen molar-refractivity contribution < 1.29 is 18.9 Å². The molecule has 0 N–H and O–H groups in total. The molecule has 0 radical (unpaired) electrons. The van der Waals surface area contributed by atoms with Crippen LogP contribution >= 0.6 is 0 Å². The molecule has 0 unspecified atom stereocenters. The maximum atomic E-state index is 5.45. The second-order valence-corrected chi connectivity index (χ2v) is 13.1. The van der Waals surface area contributed by atoms with Crippen molar-refractivity contribution in [3.05, 3.63) is 177 Å². The van der Waals surface area contributed by atoms with Crippen LogP contribution in [0.15, 0.2) is 121 Å². The van der Waals surface area contributed by atoms with E-state index in [0.717, 1.165) is 56.4 Å². The van der Waals surface area contributed by atoms with Gasteiger partial charge < -0.3 is 18.9 Å². The average Bonchev–Trinajstić information content (AvgIpc) is 3.17. The summed E-state index contributed by atoms with van der Waals surface area (Å²) in [6, 6.07) is 42.2. The van der Waals surface area contributed by atoms with Gasteiger partial charge in [0, 0.05) is 0 Å². The number of methoxy groups -OCH3 is 4. The zero-order valence-electron chi connectivity index (χ0n) is 31.3. The molecule has 0 bridgehead atoms. The second-order valence-electron chi connectivity index (χ2n) is 13.1. The fraction of sp³-hybridized carbons (Fsp3) is 0.167. The minimum atomic E-state index is 0.833. The third-order valence-electron chi connectivity index (χ3n) is 9.70. The van der Waals surface area contributed by atoms with Gasteiger partial charge in [-0.1, -0.05) is 72.8 Å². The minimum absolute atomic E-state index is 0.833. The quantitative estimate of drug-likeness (QED) is 0.127. The summed E-state index contributed by atoms with van der Waals surface area (Å²) in [4.78, 5) is 0. The average molecular weight is 687 g/mol. The van der Waals surface area contributed by atoms with Crippen LogP contribution in [0, 0.1) is 27.7 Å². The normalized spacial score (nSPS) is 10.7. The molecule has 6 aromatic carbocycles. The first-order valence-electron chi connectivity index (χ1n) is 17.4. The van der Waals surface area contributed by atoms with Crippen LogP contribution in [-0.4, -0.2) is 28.4 Å². The van der Waals surface area contributed by atoms with Gasteiger partial charge in [-0.25, -0.2) is 0 Å². The Labute approximate surface area is 308 Å². The van der Waals surface area contributed by atoms with E-state index in [1.165, 1.54) is 44.5 Å². The lowest BCUT2D eigenvalue weighted by Crippen LogP contribution is -1.96. The highest BCUT2D eigenvalue weighted by molar-refractivity contribution is 5.94. The summed E-state index contributed by atoms with van der Waals surface area (Å²) in [6.45, 7) is 8.81. The zero-order valence-corrected chi connectivity index (χ0v) is 31.3. The standard InChI is InChI=1S/C48H46O4/c1-31-25-39(26-32(2)45(31)29-47(35-9-17-41(49-5)18-10-35)36-11-19-42(50-6)20-12-36)40-27-33(3)46(34(4)28-40)30-48(37-13-21-43(51-7)22-14-37)38-15-23-44(52-8)24-16-38/h9-30H,1-8H3. The molecule has 0 amide bonds. The topological polar surface area (TPSA) is 36.9 Å². The minimum Gasteiger partial charge on any atom is -0.497 e. The van der Waals surface area contributed by atoms with Gasteiger partial charge in [-0.15, -0.1) is 0 Å². The van der Waals surface area contributed by atoms with Gasteiger partial charge in [0.1, 0.15) is 23.0 Å². The van der Waals surface area contributed by atoms with E-state index in [-0.39, 0.29) is 0 Å². The fourth-order valence-corrected chi connectivity index (χ4v) is 6.78. The lowest BCUT2D eigenvalue weighted by atomic mass is 9.88. The van der Waals surface area contributed by atoms with Crippen molar-refractivity contribution in [3.63, 3.8) is 0 Å². The molecule has 0 aliphatic carbocycles. The van der Waals surface area contributed by atoms with Crippen LogP contribution in [0.3, 0.4) is 0 Å². The first-order chi connectivity index (χ1) is 25.2. The van der Waals surface area contributed by atoms with E-state index in [1.54, 1.807) is 28.4 Å². The Hall–Kier alpha value is -6.00. The molecule has 0 heterocycles. The largest absolute Gasteiger partial charge is 0.497 e. The third kappa shape index (κ3) is 7.82. The smallest absolute Gasteiger partial charge is 0.118 e. The molecular formula is C48H46O4. The van der Waals surface area contributed by atoms with Gasteiger partial charge in [-0.2, -0.15) is 0 Å². The van der Waals surface area contributed by atoms with Gasteiger partial charge in [0.25, 0.3) is 0 Å². The SMILES string of the molecule is COc1ccc(C(=Cc2c(C)cc(-c3cc(C)c(C=C(c4ccc(OC)cc4)c4ccc(OC)cc4)c(C)c3)cc2C)c2ccc(OC)cc2)cc1. The number of hydrogen-bond acceptors (Lipinski definition) is 4. The van der Waals surface area contributed by atoms with Crippen LogP contribution in [0.4, 0.5) is 0 Å². The Bertz CT molecular complexity index is 1910. The Morgan fingerprint density at radius 1 is 0.346 bits per heavy atom. The molecule has 0 atom stereocenters. The van der Waals surface area contributed by atoms with Crippen molar-refractivity contribution in [1.82, 2.24) is 0 Å². The highest BCUT2D eigenvalue weighted by Gasteiger charge is 2.14. The van der Waals surface area contributed by atoms with Crippen molar-refractivity contribution in [2.45, 2.75) is 27.7 Å². The van der Waals surface area contributed by atoms with E-state index in [1.807, 2.05) is 48.5 Å². The summed E-state index contributed by atoms with van der Waals surface area (Å²) in [5.41, 5.74) is 16.4. The number of benzene rings is 6. The predicted octanol–water partition coefficient (Wildman–Crippen LogP) is 11.8. The van der Waals surface area contributed by atoms with Crippen LogP contribution in [0.2, 0.25) is 0 Å². The Morgan fingerprint density at radius 2 is 0.558 bits per heavy atom.